The lowest BCUT2D eigenvalue weighted by atomic mass is 9.99. The van der Waals surface area contributed by atoms with Gasteiger partial charge in [-0.15, -0.1) is 30.6 Å². The number of halogens is 9. The van der Waals surface area contributed by atoms with E-state index in [1.807, 2.05) is 55.5 Å². The zero-order valence-corrected chi connectivity index (χ0v) is 43.9. The molecule has 1 fully saturated rings. The van der Waals surface area contributed by atoms with Crippen molar-refractivity contribution >= 4 is 0 Å². The van der Waals surface area contributed by atoms with Crippen LogP contribution in [0.2, 0.25) is 0 Å². The molecule has 1 aliphatic heterocycles. The van der Waals surface area contributed by atoms with Gasteiger partial charge in [0.1, 0.15) is 5.60 Å². The summed E-state index contributed by atoms with van der Waals surface area (Å²) in [4.78, 5) is 0. The number of alkyl halides is 9. The average molecular weight is 1190 g/mol. The lowest BCUT2D eigenvalue weighted by molar-refractivity contribution is -0.138. The Balaban J connectivity index is 0.000000229. The number of hydrogen-bond donors (Lipinski definition) is 3. The number of aliphatic hydroxyl groups is 2. The van der Waals surface area contributed by atoms with Gasteiger partial charge in [-0.2, -0.15) is 44.8 Å². The number of aromatic nitrogens is 6. The van der Waals surface area contributed by atoms with Gasteiger partial charge in [-0.05, 0) is 141 Å². The van der Waals surface area contributed by atoms with Crippen molar-refractivity contribution in [2.24, 2.45) is 5.73 Å². The standard InChI is InChI=1S/C20H20F3N3O2.C20H16F3N3O2.C19H15F3N2O2.3CH4/c2*1-19(27,10-11-24)18-26-25-17(28-18)16-5-3-2-4-14(16)12-13-6-8-15(9-7-13)20(21,22)23;1-18(11-25-18)17-24-23-16(26-17)15-5-3-2-4-13(15)10-12-6-8-14(9-7-12)19(20,21)22;;;/h2-9,27H,10-12,24H2,1H3;2-9,27H,10,12H2,1H3;2-9H,10-11H2,1H3;3*1H4. The predicted molar refractivity (Wildman–Crippen MR) is 298 cm³/mol. The van der Waals surface area contributed by atoms with Gasteiger partial charge in [-0.1, -0.05) is 113 Å². The van der Waals surface area contributed by atoms with E-state index in [9.17, 15) is 49.7 Å². The van der Waals surface area contributed by atoms with Gasteiger partial charge >= 0.3 is 18.5 Å². The molecule has 14 nitrogen and oxygen atoms in total. The maximum atomic E-state index is 12.7. The average Bonchev–Trinajstić information content (AvgIpc) is 2.21. The van der Waals surface area contributed by atoms with Gasteiger partial charge in [0.05, 0.1) is 35.8 Å². The van der Waals surface area contributed by atoms with Gasteiger partial charge in [-0.3, -0.25) is 0 Å². The number of nitriles is 1. The van der Waals surface area contributed by atoms with Crippen LogP contribution in [-0.4, -0.2) is 54.0 Å². The van der Waals surface area contributed by atoms with Crippen LogP contribution >= 0.6 is 0 Å². The van der Waals surface area contributed by atoms with Crippen LogP contribution in [0.4, 0.5) is 39.5 Å². The number of hydrogen-bond acceptors (Lipinski definition) is 14. The zero-order valence-electron chi connectivity index (χ0n) is 43.9. The molecule has 3 aromatic heterocycles. The predicted octanol–water partition coefficient (Wildman–Crippen LogP) is 14.9. The minimum absolute atomic E-state index is 0. The molecule has 3 unspecified atom stereocenters. The molecule has 0 saturated carbocycles. The van der Waals surface area contributed by atoms with Crippen LogP contribution in [0.3, 0.4) is 0 Å². The monoisotopic (exact) mass is 1190 g/mol. The van der Waals surface area contributed by atoms with Gasteiger partial charge in [-0.25, -0.2) is 0 Å². The van der Waals surface area contributed by atoms with Crippen molar-refractivity contribution in [3.8, 4) is 40.4 Å². The second-order valence-corrected chi connectivity index (χ2v) is 19.8. The summed E-state index contributed by atoms with van der Waals surface area (Å²) in [5, 5.41) is 53.3. The highest BCUT2D eigenvalue weighted by atomic mass is 19.4. The molecule has 0 bridgehead atoms. The smallest absolute Gasteiger partial charge is 0.416 e. The second-order valence-electron chi connectivity index (χ2n) is 19.8. The fourth-order valence-electron chi connectivity index (χ4n) is 8.24. The van der Waals surface area contributed by atoms with Crippen molar-refractivity contribution in [3.05, 3.63) is 213 Å². The fraction of sp³-hybridized carbons (Fsp3) is 0.306. The zero-order chi connectivity index (χ0) is 59.1. The van der Waals surface area contributed by atoms with Crippen molar-refractivity contribution in [3.63, 3.8) is 0 Å². The van der Waals surface area contributed by atoms with Crippen LogP contribution in [-0.2, 0) is 59.3 Å². The lowest BCUT2D eigenvalue weighted by Crippen LogP contribution is -2.25. The molecule has 85 heavy (non-hydrogen) atoms. The maximum Gasteiger partial charge on any atom is 0.416 e. The first kappa shape index (κ1) is 67.2. The molecule has 6 aromatic carbocycles. The van der Waals surface area contributed by atoms with Crippen LogP contribution in [0, 0.1) is 11.3 Å². The summed E-state index contributed by atoms with van der Waals surface area (Å²) in [6.45, 7) is 5.63. The van der Waals surface area contributed by atoms with E-state index in [-0.39, 0.29) is 65.2 Å². The van der Waals surface area contributed by atoms with Crippen molar-refractivity contribution in [1.82, 2.24) is 30.6 Å². The molecule has 0 spiro atoms. The molecule has 9 aromatic rings. The third kappa shape index (κ3) is 17.1. The molecule has 450 valence electrons. The molecule has 4 heterocycles. The Morgan fingerprint density at radius 3 is 1.13 bits per heavy atom. The van der Waals surface area contributed by atoms with Gasteiger partial charge in [0.25, 0.3) is 5.89 Å². The SMILES string of the molecule is C.C.C.CC(O)(CC#N)c1nnc(-c2ccccc2Cc2ccc(C(F)(F)F)cc2)o1.CC(O)(CCN)c1nnc(-c2ccccc2Cc2ccc(C(F)(F)F)cc2)o1.CC1(c2nnc(-c3ccccc3Cc3ccc(C(F)(F)F)cc3)o2)CO1. The molecule has 23 heteroatoms. The van der Waals surface area contributed by atoms with Crippen molar-refractivity contribution < 1.29 is 67.7 Å². The second kappa shape index (κ2) is 27.4. The molecule has 3 atom stereocenters. The van der Waals surface area contributed by atoms with Crippen molar-refractivity contribution in [1.29, 1.82) is 5.26 Å². The van der Waals surface area contributed by atoms with Gasteiger partial charge < -0.3 is 33.9 Å². The van der Waals surface area contributed by atoms with E-state index >= 15 is 0 Å². The Labute approximate surface area is 485 Å². The third-order valence-electron chi connectivity index (χ3n) is 13.1. The Bertz CT molecular complexity index is 3620. The quantitative estimate of drug-likeness (QED) is 0.0642. The van der Waals surface area contributed by atoms with E-state index in [0.717, 1.165) is 69.8 Å². The summed E-state index contributed by atoms with van der Waals surface area (Å²) in [7, 11) is 0. The first-order valence-electron chi connectivity index (χ1n) is 25.2. The number of benzene rings is 6. The van der Waals surface area contributed by atoms with Crippen LogP contribution in [0.25, 0.3) is 34.4 Å². The van der Waals surface area contributed by atoms with Gasteiger partial charge in [0, 0.05) is 16.7 Å². The molecule has 1 aliphatic rings. The van der Waals surface area contributed by atoms with E-state index in [0.29, 0.717) is 54.3 Å². The summed E-state index contributed by atoms with van der Waals surface area (Å²) in [5.41, 5.74) is 6.73. The highest BCUT2D eigenvalue weighted by Gasteiger charge is 2.47. The molecule has 0 aliphatic carbocycles. The summed E-state index contributed by atoms with van der Waals surface area (Å²) in [6, 6.07) is 38.8. The number of nitrogens with zero attached hydrogens (tertiary/aromatic N) is 7. The Hall–Kier alpha value is -8.56. The fourth-order valence-corrected chi connectivity index (χ4v) is 8.24. The first-order chi connectivity index (χ1) is 38.8. The first-order valence-corrected chi connectivity index (χ1v) is 25.2. The van der Waals surface area contributed by atoms with E-state index < -0.39 is 52.0 Å². The number of ether oxygens (including phenoxy) is 1. The van der Waals surface area contributed by atoms with Crippen LogP contribution < -0.4 is 5.73 Å². The third-order valence-corrected chi connectivity index (χ3v) is 13.1. The molecule has 0 radical (unpaired) electrons. The van der Waals surface area contributed by atoms with Crippen molar-refractivity contribution in [2.45, 2.75) is 110 Å². The normalized spacial score (nSPS) is 15.1. The number of nitrogens with two attached hydrogens (primary N) is 1. The summed E-state index contributed by atoms with van der Waals surface area (Å²) >= 11 is 0. The Kier molecular flexibility index (Phi) is 21.7. The minimum atomic E-state index is -4.38. The molecule has 4 N–H and O–H groups in total. The summed E-state index contributed by atoms with van der Waals surface area (Å²) < 4.78 is 137. The largest absolute Gasteiger partial charge is 0.418 e. The van der Waals surface area contributed by atoms with E-state index in [2.05, 4.69) is 30.6 Å². The topological polar surface area (TPSA) is 220 Å². The summed E-state index contributed by atoms with van der Waals surface area (Å²) in [6.07, 6.45) is -11.8. The molecule has 10 rings (SSSR count). The lowest BCUT2D eigenvalue weighted by Gasteiger charge is -2.17. The number of rotatable bonds is 15. The minimum Gasteiger partial charge on any atom is -0.418 e. The number of epoxide rings is 1. The van der Waals surface area contributed by atoms with Crippen LogP contribution in [0.15, 0.2) is 159 Å². The van der Waals surface area contributed by atoms with E-state index in [1.54, 1.807) is 37.3 Å². The van der Waals surface area contributed by atoms with Gasteiger partial charge in [0.15, 0.2) is 11.2 Å². The highest BCUT2D eigenvalue weighted by molar-refractivity contribution is 5.61. The Morgan fingerprint density at radius 2 is 0.812 bits per heavy atom. The molecule has 0 amide bonds. The summed E-state index contributed by atoms with van der Waals surface area (Å²) in [5.74, 6) is 1.19. The Morgan fingerprint density at radius 1 is 0.494 bits per heavy atom. The molecular formula is C62H63F9N8O6. The molecule has 1 saturated heterocycles. The van der Waals surface area contributed by atoms with Gasteiger partial charge in [0.2, 0.25) is 29.5 Å². The van der Waals surface area contributed by atoms with Crippen LogP contribution in [0.5, 0.6) is 0 Å². The van der Waals surface area contributed by atoms with Crippen molar-refractivity contribution in [2.75, 3.05) is 13.2 Å². The van der Waals surface area contributed by atoms with Crippen LogP contribution in [0.1, 0.15) is 124 Å². The highest BCUT2D eigenvalue weighted by Crippen LogP contribution is 2.39. The molecular weight excluding hydrogens is 1120 g/mol. The van der Waals surface area contributed by atoms with E-state index in [4.69, 9.17) is 29.0 Å². The van der Waals surface area contributed by atoms with E-state index in [1.165, 1.54) is 43.3 Å². The maximum absolute atomic E-state index is 12.7.